The van der Waals surface area contributed by atoms with Gasteiger partial charge in [0.2, 0.25) is 0 Å². The Bertz CT molecular complexity index is 76.5. The first kappa shape index (κ1) is 2.59. The highest BCUT2D eigenvalue weighted by atomic mass is 13.8. The molecule has 3 aliphatic heterocycles. The Hall–Kier alpha value is 0.325. The van der Waals surface area contributed by atoms with E-state index in [-0.39, 0.29) is 0 Å². The standard InChI is InChI=1S/CHB5/c1-3-4(1)6-2-5(3)6/h1H/q-1. The first-order valence-corrected chi connectivity index (χ1v) is 2.67. The third-order valence-electron chi connectivity index (χ3n) is 2.38. The maximum absolute atomic E-state index is 2.48. The summed E-state index contributed by atoms with van der Waals surface area (Å²) in [6.45, 7) is 2.19. The second-order valence-electron chi connectivity index (χ2n) is 2.69. The Morgan fingerprint density at radius 2 is 1.83 bits per heavy atom. The van der Waals surface area contributed by atoms with Crippen molar-refractivity contribution in [2.24, 2.45) is 0 Å². The third-order valence-corrected chi connectivity index (χ3v) is 2.38. The molecule has 0 aromatic rings. The van der Waals surface area contributed by atoms with Crippen LogP contribution in [0.25, 0.3) is 0 Å². The molecule has 0 N–H and O–H groups in total. The summed E-state index contributed by atoms with van der Waals surface area (Å²) in [6, 6.07) is 0. The highest BCUT2D eigenvalue weighted by Crippen LogP contribution is 2.41. The van der Waals surface area contributed by atoms with Crippen LogP contribution in [0.1, 0.15) is 0 Å². The lowest BCUT2D eigenvalue weighted by atomic mass is 8.81. The number of fused-ring (bicyclic) bond motifs is 4. The average molecular weight is 67.1 g/mol. The van der Waals surface area contributed by atoms with Crippen molar-refractivity contribution in [3.8, 4) is 0 Å². The van der Waals surface area contributed by atoms with E-state index in [4.69, 9.17) is 0 Å². The van der Waals surface area contributed by atoms with E-state index in [0.29, 0.717) is 0 Å². The summed E-state index contributed by atoms with van der Waals surface area (Å²) in [6.07, 6.45) is 4.67. The van der Waals surface area contributed by atoms with E-state index in [1.807, 2.05) is 0 Å². The molecule has 0 bridgehead atoms. The molecule has 0 aromatic heterocycles. The lowest BCUT2D eigenvalue weighted by molar-refractivity contribution is 2.71. The van der Waals surface area contributed by atoms with Crippen LogP contribution in [-0.4, -0.2) is 32.8 Å². The zero-order valence-electron chi connectivity index (χ0n) is 3.46. The van der Waals surface area contributed by atoms with Crippen LogP contribution in [0.4, 0.5) is 0 Å². The van der Waals surface area contributed by atoms with Crippen molar-refractivity contribution in [1.82, 2.24) is 0 Å². The van der Waals surface area contributed by atoms with E-state index in [2.05, 4.69) is 13.3 Å². The minimum Gasteiger partial charge on any atom is -0.403 e. The molecule has 0 saturated carbocycles. The van der Waals surface area contributed by atoms with Gasteiger partial charge in [0, 0.05) is 0 Å². The van der Waals surface area contributed by atoms with E-state index < -0.39 is 0 Å². The Morgan fingerprint density at radius 3 is 2.00 bits per heavy atom. The summed E-state index contributed by atoms with van der Waals surface area (Å²) in [5.41, 5.74) is 0. The molecule has 0 nitrogen and oxygen atoms in total. The molecule has 0 unspecified atom stereocenters. The van der Waals surface area contributed by atoms with Gasteiger partial charge < -0.3 is 6.22 Å². The van der Waals surface area contributed by atoms with Gasteiger partial charge in [-0.2, -0.15) is 13.0 Å². The van der Waals surface area contributed by atoms with Gasteiger partial charge in [-0.3, -0.25) is 0 Å². The summed E-state index contributed by atoms with van der Waals surface area (Å²) in [7, 11) is 2.48. The van der Waals surface area contributed by atoms with Gasteiger partial charge in [0.25, 0.3) is 0 Å². The molecular formula is CHB5-. The lowest BCUT2D eigenvalue weighted by Crippen LogP contribution is -2.38. The molecule has 3 heterocycles. The first-order valence-electron chi connectivity index (χ1n) is 2.67. The fourth-order valence-electron chi connectivity index (χ4n) is 1.78. The zero-order chi connectivity index (χ0) is 3.72. The lowest BCUT2D eigenvalue weighted by Gasteiger charge is -2.09. The molecule has 0 aliphatic carbocycles. The minimum absolute atomic E-state index is 1.09. The number of rotatable bonds is 0. The molecule has 3 saturated heterocycles. The van der Waals surface area contributed by atoms with Crippen molar-refractivity contribution in [2.45, 2.75) is 0 Å². The molecule has 0 amide bonds. The Morgan fingerprint density at radius 1 is 1.17 bits per heavy atom. The van der Waals surface area contributed by atoms with Crippen molar-refractivity contribution in [3.63, 3.8) is 0 Å². The Labute approximate surface area is 39.9 Å². The molecule has 0 aromatic carbocycles. The minimum atomic E-state index is 1.09. The molecule has 21 valence electrons. The van der Waals surface area contributed by atoms with E-state index in [0.717, 1.165) is 25.8 Å². The van der Waals surface area contributed by atoms with Gasteiger partial charge in [-0.25, -0.2) is 0 Å². The maximum Gasteiger partial charge on any atom is -0.00469 e. The summed E-state index contributed by atoms with van der Waals surface area (Å²) in [4.78, 5) is 0. The van der Waals surface area contributed by atoms with Crippen LogP contribution in [0.3, 0.4) is 0 Å². The van der Waals surface area contributed by atoms with Gasteiger partial charge in [-0.1, -0.05) is 0 Å². The SMILES string of the molecule is [B]1B2B1B1[CH-]B21. The van der Waals surface area contributed by atoms with Gasteiger partial charge in [0.15, 0.2) is 0 Å². The van der Waals surface area contributed by atoms with Crippen molar-refractivity contribution >= 4 is 32.8 Å². The number of hydrogen-bond donors (Lipinski definition) is 0. The molecule has 6 heavy (non-hydrogen) atoms. The van der Waals surface area contributed by atoms with Gasteiger partial charge >= 0.3 is 0 Å². The molecule has 3 rings (SSSR count). The molecule has 3 fully saturated rings. The van der Waals surface area contributed by atoms with Crippen LogP contribution in [0.15, 0.2) is 0 Å². The second kappa shape index (κ2) is 0.485. The van der Waals surface area contributed by atoms with E-state index >= 15 is 0 Å². The maximum atomic E-state index is 2.48. The largest absolute Gasteiger partial charge is 0.403 e. The predicted octanol–water partition coefficient (Wildman–Crippen LogP) is -1.70. The predicted molar refractivity (Wildman–Crippen MR) is 33.1 cm³/mol. The van der Waals surface area contributed by atoms with E-state index in [1.165, 1.54) is 0 Å². The van der Waals surface area contributed by atoms with Crippen molar-refractivity contribution in [1.29, 1.82) is 0 Å². The molecule has 5 heteroatoms. The highest BCUT2D eigenvalue weighted by Gasteiger charge is 2.63. The van der Waals surface area contributed by atoms with Gasteiger partial charge in [-0.15, -0.1) is 0 Å². The fourth-order valence-corrected chi connectivity index (χ4v) is 1.78. The van der Waals surface area contributed by atoms with Crippen molar-refractivity contribution < 1.29 is 0 Å². The smallest absolute Gasteiger partial charge is 0.00469 e. The highest BCUT2D eigenvalue weighted by molar-refractivity contribution is 8.35. The molecule has 3 aliphatic rings. The topological polar surface area (TPSA) is 0 Å². The normalized spacial score (nSPS) is 30.7. The Kier molecular flexibility index (Phi) is 0.209. The zero-order valence-corrected chi connectivity index (χ0v) is 3.46. The monoisotopic (exact) mass is 68.1 g/mol. The van der Waals surface area contributed by atoms with E-state index in [1.54, 1.807) is 0 Å². The van der Waals surface area contributed by atoms with Crippen LogP contribution < -0.4 is 0 Å². The second-order valence-corrected chi connectivity index (χ2v) is 2.69. The molecule has 0 atom stereocenters. The van der Waals surface area contributed by atoms with Gasteiger partial charge in [-0.05, 0) is 19.8 Å². The van der Waals surface area contributed by atoms with Crippen LogP contribution >= 0.6 is 0 Å². The Balaban J connectivity index is 2.15. The summed E-state index contributed by atoms with van der Waals surface area (Å²) in [5, 5.41) is 0. The first-order chi connectivity index (χ1) is 2.97. The summed E-state index contributed by atoms with van der Waals surface area (Å²) >= 11 is 0. The molecular weight excluding hydrogens is 66.1 g/mol. The summed E-state index contributed by atoms with van der Waals surface area (Å²) in [5.74, 6) is 0. The van der Waals surface area contributed by atoms with Crippen molar-refractivity contribution in [2.75, 3.05) is 0 Å². The quantitative estimate of drug-likeness (QED) is 0.234. The number of hydrogen-bond acceptors (Lipinski definition) is 0. The summed E-state index contributed by atoms with van der Waals surface area (Å²) < 4.78 is 0. The third kappa shape index (κ3) is 0.116. The van der Waals surface area contributed by atoms with Gasteiger partial charge in [0.05, 0.1) is 0 Å². The van der Waals surface area contributed by atoms with Crippen molar-refractivity contribution in [3.05, 3.63) is 6.22 Å². The average Bonchev–Trinajstić information content (AvgIpc) is 2.04. The van der Waals surface area contributed by atoms with Crippen LogP contribution in [0.2, 0.25) is 0 Å². The molecule has 1 radical (unpaired) electrons. The van der Waals surface area contributed by atoms with Gasteiger partial charge in [0.1, 0.15) is 0 Å². The van der Waals surface area contributed by atoms with Crippen LogP contribution in [0.5, 0.6) is 0 Å². The molecule has 0 spiro atoms. The van der Waals surface area contributed by atoms with E-state index in [9.17, 15) is 0 Å². The fraction of sp³-hybridized carbons (Fsp3) is 0. The van der Waals surface area contributed by atoms with Crippen LogP contribution in [-0.2, 0) is 0 Å². The van der Waals surface area contributed by atoms with Crippen LogP contribution in [0, 0.1) is 6.22 Å².